The van der Waals surface area contributed by atoms with Crippen LogP contribution in [-0.4, -0.2) is 29.8 Å². The Labute approximate surface area is 129 Å². The normalized spacial score (nSPS) is 36.7. The predicted molar refractivity (Wildman–Crippen MR) is 85.3 cm³/mol. The summed E-state index contributed by atoms with van der Waals surface area (Å²) in [5, 5.41) is 6.78. The lowest BCUT2D eigenvalue weighted by Crippen LogP contribution is -2.57. The van der Waals surface area contributed by atoms with E-state index in [2.05, 4.69) is 24.5 Å². The van der Waals surface area contributed by atoms with Crippen LogP contribution in [0.1, 0.15) is 66.7 Å². The lowest BCUT2D eigenvalue weighted by Gasteiger charge is -2.43. The molecule has 0 aromatic carbocycles. The van der Waals surface area contributed by atoms with Gasteiger partial charge in [-0.25, -0.2) is 4.79 Å². The molecule has 21 heavy (non-hydrogen) atoms. The molecule has 0 saturated heterocycles. The van der Waals surface area contributed by atoms with Gasteiger partial charge in [0, 0.05) is 18.1 Å². The summed E-state index contributed by atoms with van der Waals surface area (Å²) in [6.07, 6.45) is 5.81. The summed E-state index contributed by atoms with van der Waals surface area (Å²) in [5.41, 5.74) is -0.418. The van der Waals surface area contributed by atoms with Crippen molar-refractivity contribution < 1.29 is 9.53 Å². The molecule has 0 bridgehead atoms. The van der Waals surface area contributed by atoms with E-state index in [1.807, 2.05) is 20.8 Å². The molecule has 2 rings (SSSR count). The number of hydrogen-bond acceptors (Lipinski definition) is 3. The van der Waals surface area contributed by atoms with Crippen LogP contribution in [0.4, 0.5) is 4.79 Å². The number of carbonyl (C=O) groups excluding carboxylic acids is 1. The van der Waals surface area contributed by atoms with Gasteiger partial charge in [-0.1, -0.05) is 20.3 Å². The minimum absolute atomic E-state index is 0.270. The zero-order chi connectivity index (χ0) is 15.6. The molecule has 2 aliphatic rings. The molecule has 4 heteroatoms. The summed E-state index contributed by atoms with van der Waals surface area (Å²) in [5.74, 6) is 1.54. The molecule has 2 aliphatic carbocycles. The molecular formula is C17H32N2O2. The van der Waals surface area contributed by atoms with Gasteiger partial charge in [0.15, 0.2) is 0 Å². The topological polar surface area (TPSA) is 50.4 Å². The van der Waals surface area contributed by atoms with Crippen LogP contribution in [-0.2, 0) is 4.74 Å². The van der Waals surface area contributed by atoms with E-state index < -0.39 is 5.60 Å². The fourth-order valence-electron chi connectivity index (χ4n) is 3.63. The third kappa shape index (κ3) is 4.87. The average molecular weight is 296 g/mol. The molecule has 0 aromatic heterocycles. The van der Waals surface area contributed by atoms with Crippen molar-refractivity contribution in [2.45, 2.75) is 90.4 Å². The van der Waals surface area contributed by atoms with Crippen LogP contribution in [0.3, 0.4) is 0 Å². The molecule has 0 aromatic rings. The van der Waals surface area contributed by atoms with Gasteiger partial charge in [-0.15, -0.1) is 0 Å². The standard InChI is InChI=1S/C17H32N2O2/c1-11-7-6-8-12(2)15(11)18-13-9-14(10-13)19-16(20)21-17(3,4)5/h11-15,18H,6-10H2,1-5H3,(H,19,20). The molecule has 0 heterocycles. The molecule has 0 spiro atoms. The lowest BCUT2D eigenvalue weighted by molar-refractivity contribution is 0.0454. The summed E-state index contributed by atoms with van der Waals surface area (Å²) in [6.45, 7) is 10.4. The Bertz CT molecular complexity index is 348. The van der Waals surface area contributed by atoms with Gasteiger partial charge in [-0.05, 0) is 58.3 Å². The first-order valence-corrected chi connectivity index (χ1v) is 8.50. The number of nitrogens with one attached hydrogen (secondary N) is 2. The molecule has 0 radical (unpaired) electrons. The van der Waals surface area contributed by atoms with Gasteiger partial charge in [-0.3, -0.25) is 0 Å². The van der Waals surface area contributed by atoms with Crippen molar-refractivity contribution in [1.82, 2.24) is 10.6 Å². The van der Waals surface area contributed by atoms with Crippen molar-refractivity contribution in [3.8, 4) is 0 Å². The van der Waals surface area contributed by atoms with Gasteiger partial charge in [0.05, 0.1) is 0 Å². The smallest absolute Gasteiger partial charge is 0.407 e. The Balaban J connectivity index is 1.68. The molecular weight excluding hydrogens is 264 g/mol. The lowest BCUT2D eigenvalue weighted by atomic mass is 9.76. The van der Waals surface area contributed by atoms with Crippen LogP contribution in [0.2, 0.25) is 0 Å². The highest BCUT2D eigenvalue weighted by molar-refractivity contribution is 5.68. The first-order chi connectivity index (χ1) is 9.74. The summed E-state index contributed by atoms with van der Waals surface area (Å²) < 4.78 is 5.29. The van der Waals surface area contributed by atoms with Crippen molar-refractivity contribution in [1.29, 1.82) is 0 Å². The zero-order valence-corrected chi connectivity index (χ0v) is 14.2. The molecule has 2 N–H and O–H groups in total. The molecule has 2 unspecified atom stereocenters. The van der Waals surface area contributed by atoms with E-state index in [4.69, 9.17) is 4.74 Å². The highest BCUT2D eigenvalue weighted by Crippen LogP contribution is 2.31. The number of amides is 1. The van der Waals surface area contributed by atoms with Crippen LogP contribution in [0.15, 0.2) is 0 Å². The molecule has 1 amide bonds. The van der Waals surface area contributed by atoms with Crippen molar-refractivity contribution >= 4 is 6.09 Å². The maximum Gasteiger partial charge on any atom is 0.407 e. The van der Waals surface area contributed by atoms with Crippen molar-refractivity contribution in [2.75, 3.05) is 0 Å². The first kappa shape index (κ1) is 16.6. The van der Waals surface area contributed by atoms with Crippen molar-refractivity contribution in [3.63, 3.8) is 0 Å². The Hall–Kier alpha value is -0.770. The van der Waals surface area contributed by atoms with Gasteiger partial charge in [0.2, 0.25) is 0 Å². The van der Waals surface area contributed by atoms with Gasteiger partial charge >= 0.3 is 6.09 Å². The van der Waals surface area contributed by atoms with Crippen LogP contribution < -0.4 is 10.6 Å². The Morgan fingerprint density at radius 1 is 1.05 bits per heavy atom. The number of rotatable bonds is 3. The third-order valence-electron chi connectivity index (χ3n) is 4.83. The Morgan fingerprint density at radius 2 is 1.62 bits per heavy atom. The summed E-state index contributed by atoms with van der Waals surface area (Å²) in [4.78, 5) is 11.7. The van der Waals surface area contributed by atoms with Crippen LogP contribution in [0.5, 0.6) is 0 Å². The van der Waals surface area contributed by atoms with Crippen molar-refractivity contribution in [3.05, 3.63) is 0 Å². The maximum absolute atomic E-state index is 11.7. The zero-order valence-electron chi connectivity index (χ0n) is 14.2. The van der Waals surface area contributed by atoms with E-state index in [1.54, 1.807) is 0 Å². The second kappa shape index (κ2) is 6.55. The quantitative estimate of drug-likeness (QED) is 0.838. The highest BCUT2D eigenvalue weighted by atomic mass is 16.6. The summed E-state index contributed by atoms with van der Waals surface area (Å²) >= 11 is 0. The van der Waals surface area contributed by atoms with Gasteiger partial charge < -0.3 is 15.4 Å². The van der Waals surface area contributed by atoms with Gasteiger partial charge in [0.25, 0.3) is 0 Å². The Kier molecular flexibility index (Phi) is 5.18. The number of carbonyl (C=O) groups is 1. The average Bonchev–Trinajstić information content (AvgIpc) is 2.27. The highest BCUT2D eigenvalue weighted by Gasteiger charge is 2.36. The minimum atomic E-state index is -0.418. The van der Waals surface area contributed by atoms with Crippen LogP contribution >= 0.6 is 0 Å². The largest absolute Gasteiger partial charge is 0.444 e. The molecule has 2 fully saturated rings. The van der Waals surface area contributed by atoms with E-state index in [0.29, 0.717) is 12.1 Å². The SMILES string of the molecule is CC1CCCC(C)C1NC1CC(NC(=O)OC(C)(C)C)C1. The molecule has 2 atom stereocenters. The fourth-order valence-corrected chi connectivity index (χ4v) is 3.63. The minimum Gasteiger partial charge on any atom is -0.444 e. The number of ether oxygens (including phenoxy) is 1. The van der Waals surface area contributed by atoms with Gasteiger partial charge in [-0.2, -0.15) is 0 Å². The maximum atomic E-state index is 11.7. The second-order valence-electron chi connectivity index (χ2n) is 8.09. The molecule has 4 nitrogen and oxygen atoms in total. The second-order valence-corrected chi connectivity index (χ2v) is 8.09. The van der Waals surface area contributed by atoms with E-state index in [9.17, 15) is 4.79 Å². The van der Waals surface area contributed by atoms with E-state index in [-0.39, 0.29) is 12.1 Å². The molecule has 0 aliphatic heterocycles. The predicted octanol–water partition coefficient (Wildman–Crippen LogP) is 3.46. The third-order valence-corrected chi connectivity index (χ3v) is 4.83. The van der Waals surface area contributed by atoms with E-state index >= 15 is 0 Å². The van der Waals surface area contributed by atoms with Crippen LogP contribution in [0.25, 0.3) is 0 Å². The molecule has 122 valence electrons. The Morgan fingerprint density at radius 3 is 2.14 bits per heavy atom. The summed E-state index contributed by atoms with van der Waals surface area (Å²) in [7, 11) is 0. The summed E-state index contributed by atoms with van der Waals surface area (Å²) in [6, 6.07) is 1.47. The van der Waals surface area contributed by atoms with E-state index in [1.165, 1.54) is 19.3 Å². The van der Waals surface area contributed by atoms with Crippen LogP contribution in [0, 0.1) is 11.8 Å². The number of alkyl carbamates (subject to hydrolysis) is 1. The fraction of sp³-hybridized carbons (Fsp3) is 0.941. The first-order valence-electron chi connectivity index (χ1n) is 8.50. The van der Waals surface area contributed by atoms with Gasteiger partial charge in [0.1, 0.15) is 5.60 Å². The monoisotopic (exact) mass is 296 g/mol. The number of hydrogen-bond donors (Lipinski definition) is 2. The van der Waals surface area contributed by atoms with Crippen molar-refractivity contribution in [2.24, 2.45) is 11.8 Å². The molecule has 2 saturated carbocycles. The van der Waals surface area contributed by atoms with E-state index in [0.717, 1.165) is 24.7 Å².